The molecule has 0 atom stereocenters. The summed E-state index contributed by atoms with van der Waals surface area (Å²) in [5.41, 5.74) is 0.202. The van der Waals surface area contributed by atoms with E-state index in [9.17, 15) is 17.6 Å². The minimum Gasteiger partial charge on any atom is -0.486 e. The SMILES string of the molecule is Fc1c(CC/C=C/C2CC2)ccc(OC2CC2)c1OC(F)(F)F. The molecule has 2 nitrogen and oxygen atoms in total. The molecule has 3 rings (SSSR count). The van der Waals surface area contributed by atoms with Crippen LogP contribution in [0.3, 0.4) is 0 Å². The van der Waals surface area contributed by atoms with Crippen LogP contribution in [0.15, 0.2) is 24.3 Å². The molecule has 6 heteroatoms. The standard InChI is InChI=1S/C17H18F4O2/c18-15-12(4-2-1-3-11-5-6-11)7-10-14(22-13-8-9-13)16(15)23-17(19,20)21/h1,3,7,10-11,13H,2,4-6,8-9H2/b3-1+. The molecule has 1 aromatic carbocycles. The van der Waals surface area contributed by atoms with Gasteiger partial charge in [0, 0.05) is 0 Å². The number of halogens is 4. The summed E-state index contributed by atoms with van der Waals surface area (Å²) in [5, 5.41) is 0. The maximum absolute atomic E-state index is 14.4. The van der Waals surface area contributed by atoms with E-state index in [4.69, 9.17) is 4.74 Å². The fourth-order valence-corrected chi connectivity index (χ4v) is 2.26. The minimum absolute atomic E-state index is 0.141. The predicted octanol–water partition coefficient (Wildman–Crippen LogP) is 5.16. The molecule has 0 radical (unpaired) electrons. The lowest BCUT2D eigenvalue weighted by Crippen LogP contribution is -2.19. The zero-order valence-corrected chi connectivity index (χ0v) is 12.5. The topological polar surface area (TPSA) is 18.5 Å². The van der Waals surface area contributed by atoms with E-state index in [0.29, 0.717) is 18.8 Å². The summed E-state index contributed by atoms with van der Waals surface area (Å²) in [4.78, 5) is 0. The molecule has 0 spiro atoms. The minimum atomic E-state index is -4.95. The van der Waals surface area contributed by atoms with Gasteiger partial charge in [0.2, 0.25) is 5.75 Å². The highest BCUT2D eigenvalue weighted by Gasteiger charge is 2.36. The van der Waals surface area contributed by atoms with Crippen LogP contribution in [0.4, 0.5) is 17.6 Å². The van der Waals surface area contributed by atoms with E-state index in [1.54, 1.807) is 0 Å². The number of hydrogen-bond acceptors (Lipinski definition) is 2. The molecule has 2 aliphatic carbocycles. The number of alkyl halides is 3. The maximum Gasteiger partial charge on any atom is 0.573 e. The summed E-state index contributed by atoms with van der Waals surface area (Å²) in [5.74, 6) is -1.40. The predicted molar refractivity (Wildman–Crippen MR) is 76.9 cm³/mol. The Hall–Kier alpha value is -1.72. The van der Waals surface area contributed by atoms with Crippen LogP contribution in [0, 0.1) is 11.7 Å². The Bertz CT molecular complexity index is 587. The lowest BCUT2D eigenvalue weighted by atomic mass is 10.1. The van der Waals surface area contributed by atoms with Crippen LogP contribution >= 0.6 is 0 Å². The van der Waals surface area contributed by atoms with Crippen LogP contribution in [0.5, 0.6) is 11.5 Å². The van der Waals surface area contributed by atoms with E-state index in [1.165, 1.54) is 25.0 Å². The first-order valence-electron chi connectivity index (χ1n) is 7.83. The Balaban J connectivity index is 1.74. The zero-order chi connectivity index (χ0) is 16.4. The van der Waals surface area contributed by atoms with Crippen molar-refractivity contribution in [1.82, 2.24) is 0 Å². The van der Waals surface area contributed by atoms with Gasteiger partial charge in [0.1, 0.15) is 0 Å². The van der Waals surface area contributed by atoms with Crippen molar-refractivity contribution in [3.8, 4) is 11.5 Å². The first kappa shape index (κ1) is 16.1. The Labute approximate surface area is 132 Å². The molecule has 1 aromatic rings. The number of rotatable bonds is 7. The van der Waals surface area contributed by atoms with Crippen molar-refractivity contribution in [3.05, 3.63) is 35.7 Å². The van der Waals surface area contributed by atoms with Crippen LogP contribution in [0.2, 0.25) is 0 Å². The zero-order valence-electron chi connectivity index (χ0n) is 12.5. The van der Waals surface area contributed by atoms with Crippen LogP contribution in [0.25, 0.3) is 0 Å². The summed E-state index contributed by atoms with van der Waals surface area (Å²) < 4.78 is 61.2. The van der Waals surface area contributed by atoms with Gasteiger partial charge in [-0.1, -0.05) is 18.2 Å². The summed E-state index contributed by atoms with van der Waals surface area (Å²) in [6.07, 6.45) is 3.75. The van der Waals surface area contributed by atoms with Gasteiger partial charge in [0.25, 0.3) is 0 Å². The summed E-state index contributed by atoms with van der Waals surface area (Å²) >= 11 is 0. The lowest BCUT2D eigenvalue weighted by Gasteiger charge is -2.16. The normalized spacial score (nSPS) is 18.4. The average molecular weight is 330 g/mol. The van der Waals surface area contributed by atoms with E-state index < -0.39 is 17.9 Å². The van der Waals surface area contributed by atoms with Crippen molar-refractivity contribution in [2.45, 2.75) is 51.0 Å². The van der Waals surface area contributed by atoms with Gasteiger partial charge < -0.3 is 9.47 Å². The van der Waals surface area contributed by atoms with Gasteiger partial charge in [-0.25, -0.2) is 4.39 Å². The summed E-state index contributed by atoms with van der Waals surface area (Å²) in [6, 6.07) is 2.84. The van der Waals surface area contributed by atoms with Crippen molar-refractivity contribution in [2.24, 2.45) is 5.92 Å². The third-order valence-corrected chi connectivity index (χ3v) is 3.79. The molecule has 126 valence electrons. The fraction of sp³-hybridized carbons (Fsp3) is 0.529. The van der Waals surface area contributed by atoms with E-state index in [-0.39, 0.29) is 17.4 Å². The molecule has 2 aliphatic rings. The van der Waals surface area contributed by atoms with Crippen molar-refractivity contribution < 1.29 is 27.0 Å². The third kappa shape index (κ3) is 4.88. The average Bonchev–Trinajstić information content (AvgIpc) is 3.34. The highest BCUT2D eigenvalue weighted by molar-refractivity contribution is 5.45. The van der Waals surface area contributed by atoms with Gasteiger partial charge in [0.15, 0.2) is 11.6 Å². The Kier molecular flexibility index (Phi) is 4.50. The van der Waals surface area contributed by atoms with Gasteiger partial charge >= 0.3 is 6.36 Å². The molecule has 0 bridgehead atoms. The number of benzene rings is 1. The second-order valence-corrected chi connectivity index (χ2v) is 6.04. The second-order valence-electron chi connectivity index (χ2n) is 6.04. The first-order chi connectivity index (χ1) is 10.9. The summed E-state index contributed by atoms with van der Waals surface area (Å²) in [7, 11) is 0. The van der Waals surface area contributed by atoms with E-state index in [0.717, 1.165) is 12.8 Å². The largest absolute Gasteiger partial charge is 0.573 e. The molecule has 2 fully saturated rings. The monoisotopic (exact) mass is 330 g/mol. The summed E-state index contributed by atoms with van der Waals surface area (Å²) in [6.45, 7) is 0. The van der Waals surface area contributed by atoms with Gasteiger partial charge in [-0.2, -0.15) is 0 Å². The Morgan fingerprint density at radius 3 is 2.48 bits per heavy atom. The molecule has 0 aromatic heterocycles. The molecule has 2 saturated carbocycles. The molecule has 0 N–H and O–H groups in total. The fourth-order valence-electron chi connectivity index (χ4n) is 2.26. The number of allylic oxidation sites excluding steroid dienone is 2. The van der Waals surface area contributed by atoms with Gasteiger partial charge in [-0.15, -0.1) is 13.2 Å². The number of ether oxygens (including phenoxy) is 2. The first-order valence-corrected chi connectivity index (χ1v) is 7.83. The van der Waals surface area contributed by atoms with Gasteiger partial charge in [-0.3, -0.25) is 0 Å². The van der Waals surface area contributed by atoms with E-state index in [2.05, 4.69) is 10.8 Å². The molecule has 0 unspecified atom stereocenters. The smallest absolute Gasteiger partial charge is 0.486 e. The van der Waals surface area contributed by atoms with Crippen molar-refractivity contribution >= 4 is 0 Å². The molecule has 0 heterocycles. The van der Waals surface area contributed by atoms with Gasteiger partial charge in [-0.05, 0) is 56.1 Å². The van der Waals surface area contributed by atoms with E-state index in [1.807, 2.05) is 6.08 Å². The maximum atomic E-state index is 14.4. The van der Waals surface area contributed by atoms with Crippen LogP contribution in [-0.2, 0) is 6.42 Å². The number of aryl methyl sites for hydroxylation is 1. The molecule has 0 saturated heterocycles. The number of hydrogen-bond donors (Lipinski definition) is 0. The van der Waals surface area contributed by atoms with Crippen LogP contribution in [0.1, 0.15) is 37.7 Å². The Morgan fingerprint density at radius 1 is 1.13 bits per heavy atom. The quantitative estimate of drug-likeness (QED) is 0.507. The van der Waals surface area contributed by atoms with Crippen LogP contribution in [-0.4, -0.2) is 12.5 Å². The highest BCUT2D eigenvalue weighted by atomic mass is 19.4. The van der Waals surface area contributed by atoms with Crippen molar-refractivity contribution in [3.63, 3.8) is 0 Å². The van der Waals surface area contributed by atoms with E-state index >= 15 is 0 Å². The molecule has 0 amide bonds. The lowest BCUT2D eigenvalue weighted by molar-refractivity contribution is -0.276. The highest BCUT2D eigenvalue weighted by Crippen LogP contribution is 2.40. The third-order valence-electron chi connectivity index (χ3n) is 3.79. The molecule has 0 aliphatic heterocycles. The van der Waals surface area contributed by atoms with Crippen molar-refractivity contribution in [2.75, 3.05) is 0 Å². The second kappa shape index (κ2) is 6.42. The van der Waals surface area contributed by atoms with Crippen molar-refractivity contribution in [1.29, 1.82) is 0 Å². The van der Waals surface area contributed by atoms with Gasteiger partial charge in [0.05, 0.1) is 6.10 Å². The molecular formula is C17H18F4O2. The Morgan fingerprint density at radius 2 is 1.87 bits per heavy atom. The molecular weight excluding hydrogens is 312 g/mol. The van der Waals surface area contributed by atoms with Crippen LogP contribution < -0.4 is 9.47 Å². The molecule has 23 heavy (non-hydrogen) atoms.